The summed E-state index contributed by atoms with van der Waals surface area (Å²) >= 11 is 0. The van der Waals surface area contributed by atoms with Crippen LogP contribution in [-0.4, -0.2) is 12.5 Å². The molecule has 1 aromatic rings. The first-order valence-corrected chi connectivity index (χ1v) is 7.77. The first-order valence-electron chi connectivity index (χ1n) is 7.77. The predicted octanol–water partition coefficient (Wildman–Crippen LogP) is 3.96. The van der Waals surface area contributed by atoms with Crippen molar-refractivity contribution in [2.24, 2.45) is 5.92 Å². The summed E-state index contributed by atoms with van der Waals surface area (Å²) in [6.07, 6.45) is 6.03. The molecule has 0 spiro atoms. The second-order valence-corrected chi connectivity index (χ2v) is 5.42. The van der Waals surface area contributed by atoms with Gasteiger partial charge < -0.3 is 11.1 Å². The average Bonchev–Trinajstić information content (AvgIpc) is 2.46. The van der Waals surface area contributed by atoms with Crippen LogP contribution in [0.1, 0.15) is 51.5 Å². The van der Waals surface area contributed by atoms with Crippen LogP contribution in [0.3, 0.4) is 0 Å². The second-order valence-electron chi connectivity index (χ2n) is 5.42. The highest BCUT2D eigenvalue weighted by molar-refractivity contribution is 5.85. The van der Waals surface area contributed by atoms with Crippen LogP contribution >= 0.6 is 12.4 Å². The van der Waals surface area contributed by atoms with E-state index in [1.807, 2.05) is 24.3 Å². The van der Waals surface area contributed by atoms with Crippen LogP contribution in [-0.2, 0) is 11.2 Å². The maximum atomic E-state index is 11.9. The van der Waals surface area contributed by atoms with Crippen molar-refractivity contribution in [3.63, 3.8) is 0 Å². The lowest BCUT2D eigenvalue weighted by atomic mass is 9.99. The summed E-state index contributed by atoms with van der Waals surface area (Å²) in [5.41, 5.74) is 7.70. The number of nitrogens with two attached hydrogens (primary N) is 1. The molecule has 0 heterocycles. The summed E-state index contributed by atoms with van der Waals surface area (Å²) in [7, 11) is 0. The van der Waals surface area contributed by atoms with E-state index in [0.29, 0.717) is 18.8 Å². The van der Waals surface area contributed by atoms with Crippen molar-refractivity contribution in [2.75, 3.05) is 12.3 Å². The van der Waals surface area contributed by atoms with E-state index in [2.05, 4.69) is 19.2 Å². The standard InChI is InChI=1S/C17H28N2O.ClH/c1-3-5-8-14(4-2)13-19-17(20)12-11-15-9-6-7-10-16(15)18;/h6-7,9-10,14H,3-5,8,11-13,18H2,1-2H3,(H,19,20);1H. The predicted molar refractivity (Wildman–Crippen MR) is 92.7 cm³/mol. The van der Waals surface area contributed by atoms with Gasteiger partial charge in [0.2, 0.25) is 5.91 Å². The topological polar surface area (TPSA) is 55.1 Å². The van der Waals surface area contributed by atoms with E-state index >= 15 is 0 Å². The molecule has 0 saturated heterocycles. The molecular weight excluding hydrogens is 284 g/mol. The molecular formula is C17H29ClN2O. The molecule has 4 heteroatoms. The number of unbranched alkanes of at least 4 members (excludes halogenated alkanes) is 1. The Bertz CT molecular complexity index is 410. The number of hydrogen-bond acceptors (Lipinski definition) is 2. The third-order valence-electron chi connectivity index (χ3n) is 3.81. The minimum atomic E-state index is 0. The van der Waals surface area contributed by atoms with Gasteiger partial charge in [0.05, 0.1) is 0 Å². The highest BCUT2D eigenvalue weighted by Gasteiger charge is 2.09. The lowest BCUT2D eigenvalue weighted by Gasteiger charge is -2.15. The molecule has 0 fully saturated rings. The van der Waals surface area contributed by atoms with Gasteiger partial charge in [-0.05, 0) is 30.4 Å². The van der Waals surface area contributed by atoms with E-state index in [9.17, 15) is 4.79 Å². The fraction of sp³-hybridized carbons (Fsp3) is 0.588. The van der Waals surface area contributed by atoms with Crippen LogP contribution in [0.25, 0.3) is 0 Å². The van der Waals surface area contributed by atoms with Crippen LogP contribution in [0.2, 0.25) is 0 Å². The van der Waals surface area contributed by atoms with E-state index in [-0.39, 0.29) is 18.3 Å². The van der Waals surface area contributed by atoms with E-state index in [1.165, 1.54) is 19.3 Å². The minimum absolute atomic E-state index is 0. The number of anilines is 1. The summed E-state index contributed by atoms with van der Waals surface area (Å²) in [5.74, 6) is 0.740. The van der Waals surface area contributed by atoms with Crippen LogP contribution in [0, 0.1) is 5.92 Å². The van der Waals surface area contributed by atoms with Crippen molar-refractivity contribution in [1.29, 1.82) is 0 Å². The van der Waals surface area contributed by atoms with Gasteiger partial charge in [-0.25, -0.2) is 0 Å². The molecule has 0 aliphatic rings. The van der Waals surface area contributed by atoms with Gasteiger partial charge in [0.1, 0.15) is 0 Å². The molecule has 3 nitrogen and oxygen atoms in total. The third-order valence-corrected chi connectivity index (χ3v) is 3.81. The molecule has 1 amide bonds. The number of aryl methyl sites for hydroxylation is 1. The van der Waals surface area contributed by atoms with Gasteiger partial charge in [0.25, 0.3) is 0 Å². The van der Waals surface area contributed by atoms with Crippen molar-refractivity contribution in [1.82, 2.24) is 5.32 Å². The van der Waals surface area contributed by atoms with Crippen molar-refractivity contribution in [2.45, 2.75) is 52.4 Å². The summed E-state index contributed by atoms with van der Waals surface area (Å²) in [5, 5.41) is 3.05. The van der Waals surface area contributed by atoms with Gasteiger partial charge in [-0.3, -0.25) is 4.79 Å². The van der Waals surface area contributed by atoms with Gasteiger partial charge in [-0.15, -0.1) is 12.4 Å². The van der Waals surface area contributed by atoms with Crippen molar-refractivity contribution < 1.29 is 4.79 Å². The molecule has 0 saturated carbocycles. The van der Waals surface area contributed by atoms with Gasteiger partial charge in [0.15, 0.2) is 0 Å². The number of carbonyl (C=O) groups excluding carboxylic acids is 1. The van der Waals surface area contributed by atoms with E-state index in [1.54, 1.807) is 0 Å². The number of nitrogen functional groups attached to an aromatic ring is 1. The molecule has 21 heavy (non-hydrogen) atoms. The van der Waals surface area contributed by atoms with Crippen molar-refractivity contribution >= 4 is 24.0 Å². The molecule has 1 rings (SSSR count). The molecule has 0 aliphatic heterocycles. The lowest BCUT2D eigenvalue weighted by Crippen LogP contribution is -2.29. The molecule has 0 radical (unpaired) electrons. The first-order chi connectivity index (χ1) is 9.67. The smallest absolute Gasteiger partial charge is 0.220 e. The van der Waals surface area contributed by atoms with Crippen molar-refractivity contribution in [3.8, 4) is 0 Å². The number of benzene rings is 1. The van der Waals surface area contributed by atoms with Crippen LogP contribution in [0.4, 0.5) is 5.69 Å². The molecule has 1 aromatic carbocycles. The Morgan fingerprint density at radius 1 is 1.29 bits per heavy atom. The number of halogens is 1. The highest BCUT2D eigenvalue weighted by atomic mass is 35.5. The first kappa shape index (κ1) is 19.8. The number of rotatable bonds is 9. The number of nitrogens with one attached hydrogen (secondary N) is 1. The normalized spacial score (nSPS) is 11.5. The quantitative estimate of drug-likeness (QED) is 0.678. The highest BCUT2D eigenvalue weighted by Crippen LogP contribution is 2.13. The summed E-state index contributed by atoms with van der Waals surface area (Å²) < 4.78 is 0. The molecule has 1 unspecified atom stereocenters. The Hall–Kier alpha value is -1.22. The Balaban J connectivity index is 0.00000400. The molecule has 0 bridgehead atoms. The van der Waals surface area contributed by atoms with Gasteiger partial charge in [0, 0.05) is 18.7 Å². The maximum Gasteiger partial charge on any atom is 0.220 e. The molecule has 120 valence electrons. The van der Waals surface area contributed by atoms with Gasteiger partial charge in [-0.1, -0.05) is 51.3 Å². The van der Waals surface area contributed by atoms with Gasteiger partial charge in [-0.2, -0.15) is 0 Å². The molecule has 1 atom stereocenters. The Morgan fingerprint density at radius 3 is 2.62 bits per heavy atom. The number of carbonyl (C=O) groups is 1. The second kappa shape index (κ2) is 11.4. The third kappa shape index (κ3) is 7.96. The zero-order valence-corrected chi connectivity index (χ0v) is 14.0. The SMILES string of the molecule is CCCCC(CC)CNC(=O)CCc1ccccc1N.Cl. The van der Waals surface area contributed by atoms with E-state index in [0.717, 1.165) is 24.2 Å². The molecule has 3 N–H and O–H groups in total. The summed E-state index contributed by atoms with van der Waals surface area (Å²) in [6.45, 7) is 5.20. The van der Waals surface area contributed by atoms with E-state index in [4.69, 9.17) is 5.73 Å². The molecule has 0 aromatic heterocycles. The Labute approximate surface area is 135 Å². The zero-order valence-electron chi connectivity index (χ0n) is 13.2. The van der Waals surface area contributed by atoms with Crippen LogP contribution in [0.5, 0.6) is 0 Å². The number of amides is 1. The molecule has 0 aliphatic carbocycles. The average molecular weight is 313 g/mol. The fourth-order valence-electron chi connectivity index (χ4n) is 2.30. The lowest BCUT2D eigenvalue weighted by molar-refractivity contribution is -0.121. The monoisotopic (exact) mass is 312 g/mol. The summed E-state index contributed by atoms with van der Waals surface area (Å²) in [4.78, 5) is 11.9. The Kier molecular flexibility index (Phi) is 10.8. The Morgan fingerprint density at radius 2 is 2.00 bits per heavy atom. The van der Waals surface area contributed by atoms with Crippen LogP contribution in [0.15, 0.2) is 24.3 Å². The van der Waals surface area contributed by atoms with Gasteiger partial charge >= 0.3 is 0 Å². The van der Waals surface area contributed by atoms with Crippen LogP contribution < -0.4 is 11.1 Å². The summed E-state index contributed by atoms with van der Waals surface area (Å²) in [6, 6.07) is 7.74. The maximum absolute atomic E-state index is 11.9. The van der Waals surface area contributed by atoms with Crippen molar-refractivity contribution in [3.05, 3.63) is 29.8 Å². The minimum Gasteiger partial charge on any atom is -0.399 e. The van der Waals surface area contributed by atoms with E-state index < -0.39 is 0 Å². The number of para-hydroxylation sites is 1. The largest absolute Gasteiger partial charge is 0.399 e. The fourth-order valence-corrected chi connectivity index (χ4v) is 2.30. The number of hydrogen-bond donors (Lipinski definition) is 2. The zero-order chi connectivity index (χ0) is 14.8.